The van der Waals surface area contributed by atoms with Gasteiger partial charge < -0.3 is 9.05 Å². The summed E-state index contributed by atoms with van der Waals surface area (Å²) in [5, 5.41) is 7.82. The summed E-state index contributed by atoms with van der Waals surface area (Å²) in [6.07, 6.45) is 0. The molecule has 0 unspecified atom stereocenters. The Morgan fingerprint density at radius 1 is 0.625 bits per heavy atom. The van der Waals surface area contributed by atoms with Crippen LogP contribution in [0.15, 0.2) is 69.7 Å². The minimum absolute atomic E-state index is 0.154. The van der Waals surface area contributed by atoms with E-state index in [4.69, 9.17) is 9.05 Å². The maximum absolute atomic E-state index is 14.4. The fourth-order valence-corrected chi connectivity index (χ4v) is 3.33. The summed E-state index contributed by atoms with van der Waals surface area (Å²) in [4.78, 5) is 8.66. The lowest BCUT2D eigenvalue weighted by Gasteiger charge is -2.00. The minimum atomic E-state index is -0.393. The summed E-state index contributed by atoms with van der Waals surface area (Å²) in [7, 11) is 0. The Morgan fingerprint density at radius 2 is 1.06 bits per heavy atom. The number of hydrogen-bond donors (Lipinski definition) is 0. The first-order chi connectivity index (χ1) is 15.5. The van der Waals surface area contributed by atoms with Gasteiger partial charge in [-0.25, -0.2) is 8.78 Å². The van der Waals surface area contributed by atoms with Gasteiger partial charge in [-0.2, -0.15) is 9.97 Å². The van der Waals surface area contributed by atoms with Gasteiger partial charge in [0.15, 0.2) is 0 Å². The highest BCUT2D eigenvalue weighted by molar-refractivity contribution is 5.67. The highest BCUT2D eigenvalue weighted by atomic mass is 19.1. The van der Waals surface area contributed by atoms with Gasteiger partial charge in [0.2, 0.25) is 11.6 Å². The predicted octanol–water partition coefficient (Wildman–Crippen LogP) is 6.02. The van der Waals surface area contributed by atoms with E-state index in [9.17, 15) is 8.78 Å². The summed E-state index contributed by atoms with van der Waals surface area (Å²) >= 11 is 0. The van der Waals surface area contributed by atoms with Crippen LogP contribution in [-0.4, -0.2) is 20.3 Å². The molecule has 0 radical (unpaired) electrons. The van der Waals surface area contributed by atoms with Crippen molar-refractivity contribution < 1.29 is 17.8 Å². The molecule has 2 aromatic heterocycles. The van der Waals surface area contributed by atoms with Crippen molar-refractivity contribution in [2.24, 2.45) is 0 Å². The molecule has 0 spiro atoms. The Morgan fingerprint density at radius 3 is 1.53 bits per heavy atom. The normalized spacial score (nSPS) is 11.1. The van der Waals surface area contributed by atoms with Gasteiger partial charge in [0.1, 0.15) is 11.6 Å². The summed E-state index contributed by atoms with van der Waals surface area (Å²) in [6, 6.07) is 17.0. The maximum Gasteiger partial charge on any atom is 0.258 e. The van der Waals surface area contributed by atoms with Gasteiger partial charge in [0.25, 0.3) is 11.8 Å². The van der Waals surface area contributed by atoms with Crippen LogP contribution in [0.5, 0.6) is 0 Å². The molecule has 0 saturated heterocycles. The van der Waals surface area contributed by atoms with Gasteiger partial charge in [-0.15, -0.1) is 0 Å². The van der Waals surface area contributed by atoms with Crippen molar-refractivity contribution in [1.29, 1.82) is 0 Å². The molecular weight excluding hydrogens is 414 g/mol. The Labute approximate surface area is 181 Å². The zero-order chi connectivity index (χ0) is 22.2. The molecule has 32 heavy (non-hydrogen) atoms. The number of halogens is 2. The average molecular weight is 430 g/mol. The molecule has 0 aliphatic heterocycles. The number of aromatic nitrogens is 4. The number of nitrogens with zero attached hydrogens (tertiary/aromatic N) is 4. The van der Waals surface area contributed by atoms with Gasteiger partial charge >= 0.3 is 0 Å². The van der Waals surface area contributed by atoms with Gasteiger partial charge in [0, 0.05) is 11.1 Å². The lowest BCUT2D eigenvalue weighted by molar-refractivity contribution is 0.430. The number of hydrogen-bond acceptors (Lipinski definition) is 6. The number of rotatable bonds is 4. The first kappa shape index (κ1) is 19.7. The van der Waals surface area contributed by atoms with Gasteiger partial charge in [0.05, 0.1) is 11.1 Å². The van der Waals surface area contributed by atoms with Crippen LogP contribution in [0.4, 0.5) is 8.78 Å². The molecule has 6 nitrogen and oxygen atoms in total. The van der Waals surface area contributed by atoms with Crippen molar-refractivity contribution in [2.75, 3.05) is 0 Å². The van der Waals surface area contributed by atoms with Crippen molar-refractivity contribution in [2.45, 2.75) is 13.8 Å². The monoisotopic (exact) mass is 430 g/mol. The largest absolute Gasteiger partial charge is 0.334 e. The molecule has 5 aromatic rings. The first-order valence-corrected chi connectivity index (χ1v) is 9.80. The maximum atomic E-state index is 14.4. The van der Waals surface area contributed by atoms with E-state index in [2.05, 4.69) is 20.3 Å². The second-order valence-corrected chi connectivity index (χ2v) is 7.30. The predicted molar refractivity (Wildman–Crippen MR) is 113 cm³/mol. The Balaban J connectivity index is 1.48. The molecule has 0 aliphatic rings. The molecule has 2 heterocycles. The smallest absolute Gasteiger partial charge is 0.258 e. The lowest BCUT2D eigenvalue weighted by Crippen LogP contribution is -1.90. The molecule has 0 fully saturated rings. The zero-order valence-corrected chi connectivity index (χ0v) is 17.1. The topological polar surface area (TPSA) is 77.8 Å². The van der Waals surface area contributed by atoms with Crippen LogP contribution in [0.25, 0.3) is 45.7 Å². The van der Waals surface area contributed by atoms with E-state index in [1.54, 1.807) is 74.5 Å². The van der Waals surface area contributed by atoms with Crippen LogP contribution in [0, 0.1) is 25.5 Å². The Kier molecular flexibility index (Phi) is 4.82. The quantitative estimate of drug-likeness (QED) is 0.347. The average Bonchev–Trinajstić information content (AvgIpc) is 3.48. The van der Waals surface area contributed by atoms with Crippen LogP contribution in [0.3, 0.4) is 0 Å². The SMILES string of the molecule is Cc1cccc(-c2noc(-c3cccc(-c4nc(-c5cccc(C)c5F)no4)c3)n2)c1F. The zero-order valence-electron chi connectivity index (χ0n) is 17.1. The molecule has 0 N–H and O–H groups in total. The molecular formula is C24H16F2N4O2. The second kappa shape index (κ2) is 7.81. The van der Waals surface area contributed by atoms with Crippen LogP contribution in [-0.2, 0) is 0 Å². The molecule has 0 bridgehead atoms. The van der Waals surface area contributed by atoms with Crippen molar-refractivity contribution >= 4 is 0 Å². The highest BCUT2D eigenvalue weighted by Crippen LogP contribution is 2.29. The molecule has 158 valence electrons. The third kappa shape index (κ3) is 3.45. The molecule has 0 aliphatic carbocycles. The molecule has 0 amide bonds. The van der Waals surface area contributed by atoms with E-state index < -0.39 is 11.6 Å². The van der Waals surface area contributed by atoms with Crippen LogP contribution in [0.2, 0.25) is 0 Å². The molecule has 8 heteroatoms. The van der Waals surface area contributed by atoms with Crippen molar-refractivity contribution in [3.05, 3.63) is 83.4 Å². The first-order valence-electron chi connectivity index (χ1n) is 9.80. The fourth-order valence-electron chi connectivity index (χ4n) is 3.33. The summed E-state index contributed by atoms with van der Waals surface area (Å²) < 4.78 is 39.5. The van der Waals surface area contributed by atoms with Crippen LogP contribution >= 0.6 is 0 Å². The molecule has 0 saturated carbocycles. The van der Waals surface area contributed by atoms with E-state index in [0.717, 1.165) is 0 Å². The fraction of sp³-hybridized carbons (Fsp3) is 0.0833. The van der Waals surface area contributed by atoms with E-state index in [0.29, 0.717) is 22.3 Å². The van der Waals surface area contributed by atoms with Gasteiger partial charge in [-0.3, -0.25) is 0 Å². The third-order valence-corrected chi connectivity index (χ3v) is 5.07. The molecule has 5 rings (SSSR count). The van der Waals surface area contributed by atoms with Gasteiger partial charge in [-0.05, 0) is 55.3 Å². The second-order valence-electron chi connectivity index (χ2n) is 7.30. The van der Waals surface area contributed by atoms with Gasteiger partial charge in [-0.1, -0.05) is 40.6 Å². The highest BCUT2D eigenvalue weighted by Gasteiger charge is 2.18. The standard InChI is InChI=1S/C24H16F2N4O2/c1-13-6-3-10-17(19(13)25)21-27-23(31-29-21)15-8-5-9-16(12-15)24-28-22(30-32-24)18-11-4-7-14(2)20(18)26/h3-12H,1-2H3. The van der Waals surface area contributed by atoms with Crippen molar-refractivity contribution in [3.8, 4) is 45.7 Å². The van der Waals surface area contributed by atoms with E-state index in [1.807, 2.05) is 0 Å². The van der Waals surface area contributed by atoms with E-state index in [1.165, 1.54) is 0 Å². The Bertz CT molecular complexity index is 1340. The minimum Gasteiger partial charge on any atom is -0.334 e. The van der Waals surface area contributed by atoms with Crippen molar-refractivity contribution in [3.63, 3.8) is 0 Å². The summed E-state index contributed by atoms with van der Waals surface area (Å²) in [6.45, 7) is 3.34. The van der Waals surface area contributed by atoms with Crippen LogP contribution < -0.4 is 0 Å². The molecule has 3 aromatic carbocycles. The third-order valence-electron chi connectivity index (χ3n) is 5.07. The summed E-state index contributed by atoms with van der Waals surface area (Å²) in [5.41, 5.74) is 2.70. The lowest BCUT2D eigenvalue weighted by atomic mass is 10.1. The van der Waals surface area contributed by atoms with E-state index in [-0.39, 0.29) is 34.6 Å². The summed E-state index contributed by atoms with van der Waals surface area (Å²) in [5.74, 6) is -0.0478. The van der Waals surface area contributed by atoms with E-state index >= 15 is 0 Å². The molecule has 0 atom stereocenters. The Hall–Kier alpha value is -4.20. The number of aryl methyl sites for hydroxylation is 2. The number of benzene rings is 3. The van der Waals surface area contributed by atoms with Crippen LogP contribution in [0.1, 0.15) is 11.1 Å². The van der Waals surface area contributed by atoms with Crippen molar-refractivity contribution in [1.82, 2.24) is 20.3 Å².